The van der Waals surface area contributed by atoms with Gasteiger partial charge in [-0.05, 0) is 50.9 Å². The van der Waals surface area contributed by atoms with Crippen LogP contribution in [0, 0.1) is 13.8 Å². The monoisotopic (exact) mass is 314 g/mol. The minimum Gasteiger partial charge on any atom is -0.459 e. The van der Waals surface area contributed by atoms with Gasteiger partial charge in [-0.1, -0.05) is 11.6 Å². The number of carbonyl (C=O) groups is 1. The van der Waals surface area contributed by atoms with Crippen LogP contribution in [0.1, 0.15) is 29.7 Å². The molecule has 2 saturated heterocycles. The van der Waals surface area contributed by atoms with Gasteiger partial charge in [0.2, 0.25) is 0 Å². The number of carbonyl (C=O) groups excluding carboxylic acids is 1. The Balaban J connectivity index is 1.56. The highest BCUT2D eigenvalue weighted by atomic mass is 16.6. The summed E-state index contributed by atoms with van der Waals surface area (Å²) in [5, 5.41) is 3.99. The lowest BCUT2D eigenvalue weighted by Crippen LogP contribution is -2.50. The van der Waals surface area contributed by atoms with Gasteiger partial charge < -0.3 is 14.5 Å². The van der Waals surface area contributed by atoms with Gasteiger partial charge in [0.25, 0.3) is 0 Å². The van der Waals surface area contributed by atoms with Crippen LogP contribution < -0.4 is 5.32 Å². The van der Waals surface area contributed by atoms with Crippen LogP contribution in [0.3, 0.4) is 0 Å². The third-order valence-corrected chi connectivity index (χ3v) is 5.04. The maximum Gasteiger partial charge on any atom is 0.407 e. The highest BCUT2D eigenvalue weighted by molar-refractivity contribution is 5.82. The molecule has 2 aliphatic rings. The third kappa shape index (κ3) is 2.59. The van der Waals surface area contributed by atoms with E-state index in [1.807, 2.05) is 6.07 Å². The number of hydrogen-bond acceptors (Lipinski definition) is 4. The molecule has 23 heavy (non-hydrogen) atoms. The first-order chi connectivity index (χ1) is 11.0. The maximum absolute atomic E-state index is 11.4. The summed E-state index contributed by atoms with van der Waals surface area (Å²) in [4.78, 5) is 13.7. The average Bonchev–Trinajstić information content (AvgIpc) is 3.01. The number of amides is 1. The Morgan fingerprint density at radius 3 is 3.00 bits per heavy atom. The topological polar surface area (TPSA) is 54.7 Å². The summed E-state index contributed by atoms with van der Waals surface area (Å²) in [5.41, 5.74) is 3.05. The Bertz CT molecular complexity index is 767. The molecule has 2 aliphatic heterocycles. The average molecular weight is 314 g/mol. The van der Waals surface area contributed by atoms with Crippen LogP contribution in [0.15, 0.2) is 22.6 Å². The fourth-order valence-electron chi connectivity index (χ4n) is 3.79. The molecule has 1 amide bonds. The normalized spacial score (nSPS) is 25.0. The van der Waals surface area contributed by atoms with Gasteiger partial charge in [0, 0.05) is 11.9 Å². The summed E-state index contributed by atoms with van der Waals surface area (Å²) in [6, 6.07) is 6.30. The Morgan fingerprint density at radius 1 is 1.35 bits per heavy atom. The molecule has 2 aromatic rings. The zero-order chi connectivity index (χ0) is 16.0. The van der Waals surface area contributed by atoms with E-state index in [0.717, 1.165) is 43.8 Å². The molecular weight excluding hydrogens is 292 g/mol. The lowest BCUT2D eigenvalue weighted by Gasteiger charge is -2.37. The van der Waals surface area contributed by atoms with Crippen molar-refractivity contribution in [2.45, 2.75) is 38.8 Å². The zero-order valence-electron chi connectivity index (χ0n) is 13.6. The number of ether oxygens (including phenoxy) is 1. The largest absolute Gasteiger partial charge is 0.459 e. The van der Waals surface area contributed by atoms with Crippen LogP contribution in [-0.2, 0) is 11.3 Å². The lowest BCUT2D eigenvalue weighted by molar-refractivity contribution is -0.0127. The van der Waals surface area contributed by atoms with Gasteiger partial charge in [-0.2, -0.15) is 0 Å². The second-order valence-electron chi connectivity index (χ2n) is 6.89. The number of piperidine rings is 1. The van der Waals surface area contributed by atoms with Gasteiger partial charge in [-0.25, -0.2) is 4.79 Å². The molecule has 2 fully saturated rings. The zero-order valence-corrected chi connectivity index (χ0v) is 13.6. The molecule has 1 aromatic carbocycles. The molecule has 1 unspecified atom stereocenters. The number of alkyl carbamates (subject to hydrolysis) is 1. The van der Waals surface area contributed by atoms with E-state index in [0.29, 0.717) is 6.54 Å². The van der Waals surface area contributed by atoms with Crippen molar-refractivity contribution >= 4 is 17.1 Å². The molecule has 4 rings (SSSR count). The number of rotatable bonds is 2. The van der Waals surface area contributed by atoms with E-state index in [4.69, 9.17) is 9.15 Å². The summed E-state index contributed by atoms with van der Waals surface area (Å²) in [6.45, 7) is 7.37. The Labute approximate surface area is 135 Å². The van der Waals surface area contributed by atoms with Crippen molar-refractivity contribution in [1.29, 1.82) is 0 Å². The molecule has 0 bridgehead atoms. The molecule has 1 atom stereocenters. The summed E-state index contributed by atoms with van der Waals surface area (Å²) in [6.07, 6.45) is 1.68. The van der Waals surface area contributed by atoms with Gasteiger partial charge in [-0.3, -0.25) is 4.90 Å². The number of nitrogens with zero attached hydrogens (tertiary/aromatic N) is 1. The first-order valence-electron chi connectivity index (χ1n) is 8.23. The van der Waals surface area contributed by atoms with Gasteiger partial charge in [0.1, 0.15) is 16.9 Å². The first-order valence-corrected chi connectivity index (χ1v) is 8.23. The minimum atomic E-state index is -0.355. The molecule has 0 radical (unpaired) electrons. The Kier molecular flexibility index (Phi) is 3.34. The van der Waals surface area contributed by atoms with Crippen molar-refractivity contribution in [1.82, 2.24) is 10.2 Å². The Hall–Kier alpha value is -2.01. The number of fused-ring (bicyclic) bond motifs is 1. The molecular formula is C18H22N2O3. The Morgan fingerprint density at radius 2 is 2.22 bits per heavy atom. The van der Waals surface area contributed by atoms with E-state index in [2.05, 4.69) is 36.2 Å². The lowest BCUT2D eigenvalue weighted by atomic mass is 9.93. The minimum absolute atomic E-state index is 0.290. The van der Waals surface area contributed by atoms with Crippen LogP contribution in [0.2, 0.25) is 0 Å². The quantitative estimate of drug-likeness (QED) is 0.925. The molecule has 5 nitrogen and oxygen atoms in total. The predicted octanol–water partition coefficient (Wildman–Crippen LogP) is 3.12. The van der Waals surface area contributed by atoms with Gasteiger partial charge in [0.05, 0.1) is 13.1 Å². The molecule has 122 valence electrons. The van der Waals surface area contributed by atoms with Crippen LogP contribution in [0.4, 0.5) is 4.79 Å². The van der Waals surface area contributed by atoms with E-state index in [9.17, 15) is 4.79 Å². The SMILES string of the molecule is Cc1ccc2oc(CN3CCCC4(CNC(=O)O4)C3)c(C)c2c1. The number of likely N-dealkylation sites (tertiary alicyclic amines) is 1. The maximum atomic E-state index is 11.4. The van der Waals surface area contributed by atoms with Gasteiger partial charge in [-0.15, -0.1) is 0 Å². The summed E-state index contributed by atoms with van der Waals surface area (Å²) in [7, 11) is 0. The smallest absolute Gasteiger partial charge is 0.407 e. The van der Waals surface area contributed by atoms with Crippen LogP contribution >= 0.6 is 0 Å². The second kappa shape index (κ2) is 5.27. The summed E-state index contributed by atoms with van der Waals surface area (Å²) < 4.78 is 11.6. The third-order valence-electron chi connectivity index (χ3n) is 5.04. The fraction of sp³-hybridized carbons (Fsp3) is 0.500. The highest BCUT2D eigenvalue weighted by Crippen LogP contribution is 2.31. The predicted molar refractivity (Wildman–Crippen MR) is 87.4 cm³/mol. The van der Waals surface area contributed by atoms with Crippen molar-refractivity contribution in [3.8, 4) is 0 Å². The number of aryl methyl sites for hydroxylation is 2. The summed E-state index contributed by atoms with van der Waals surface area (Å²) in [5.74, 6) is 1.01. The number of hydrogen-bond donors (Lipinski definition) is 1. The van der Waals surface area contributed by atoms with Gasteiger partial charge in [0.15, 0.2) is 0 Å². The van der Waals surface area contributed by atoms with Crippen molar-refractivity contribution in [2.75, 3.05) is 19.6 Å². The molecule has 1 N–H and O–H groups in total. The van der Waals surface area contributed by atoms with Crippen molar-refractivity contribution in [3.63, 3.8) is 0 Å². The fourth-order valence-corrected chi connectivity index (χ4v) is 3.79. The molecule has 1 spiro atoms. The molecule has 0 saturated carbocycles. The number of benzene rings is 1. The van der Waals surface area contributed by atoms with E-state index in [1.54, 1.807) is 0 Å². The van der Waals surface area contributed by atoms with Gasteiger partial charge >= 0.3 is 6.09 Å². The first kappa shape index (κ1) is 14.6. The van der Waals surface area contributed by atoms with Crippen molar-refractivity contribution < 1.29 is 13.9 Å². The number of furan rings is 1. The van der Waals surface area contributed by atoms with Crippen LogP contribution in [-0.4, -0.2) is 36.2 Å². The molecule has 1 aromatic heterocycles. The van der Waals surface area contributed by atoms with E-state index >= 15 is 0 Å². The standard InChI is InChI=1S/C18H22N2O3/c1-12-4-5-15-14(8-12)13(2)16(22-15)9-20-7-3-6-18(11-20)10-19-17(21)23-18/h4-5,8H,3,6-7,9-11H2,1-2H3,(H,19,21). The van der Waals surface area contributed by atoms with Crippen LogP contribution in [0.25, 0.3) is 11.0 Å². The van der Waals surface area contributed by atoms with Crippen LogP contribution in [0.5, 0.6) is 0 Å². The molecule has 0 aliphatic carbocycles. The van der Waals surface area contributed by atoms with E-state index in [-0.39, 0.29) is 11.7 Å². The highest BCUT2D eigenvalue weighted by Gasteiger charge is 2.43. The van der Waals surface area contributed by atoms with E-state index in [1.165, 1.54) is 16.5 Å². The second-order valence-corrected chi connectivity index (χ2v) is 6.89. The molecule has 3 heterocycles. The van der Waals surface area contributed by atoms with E-state index < -0.39 is 0 Å². The molecule has 5 heteroatoms. The van der Waals surface area contributed by atoms with Crippen molar-refractivity contribution in [2.24, 2.45) is 0 Å². The summed E-state index contributed by atoms with van der Waals surface area (Å²) >= 11 is 0. The number of nitrogens with one attached hydrogen (secondary N) is 1. The van der Waals surface area contributed by atoms with Crippen molar-refractivity contribution in [3.05, 3.63) is 35.1 Å².